The molecule has 0 bridgehead atoms. The van der Waals surface area contributed by atoms with Crippen molar-refractivity contribution in [3.63, 3.8) is 0 Å². The van der Waals surface area contributed by atoms with Crippen molar-refractivity contribution in [1.82, 2.24) is 15.2 Å². The number of nitrogens with zero attached hydrogens (tertiary/aromatic N) is 4. The third-order valence-corrected chi connectivity index (χ3v) is 6.25. The van der Waals surface area contributed by atoms with Crippen molar-refractivity contribution in [3.05, 3.63) is 54.6 Å². The predicted octanol–water partition coefficient (Wildman–Crippen LogP) is 4.68. The van der Waals surface area contributed by atoms with Crippen LogP contribution in [0.1, 0.15) is 25.1 Å². The number of thioether (sulfide) groups is 1. The van der Waals surface area contributed by atoms with E-state index < -0.39 is 6.23 Å². The second-order valence-corrected chi connectivity index (χ2v) is 8.39. The van der Waals surface area contributed by atoms with Gasteiger partial charge in [-0.05, 0) is 6.07 Å². The van der Waals surface area contributed by atoms with Gasteiger partial charge in [0.2, 0.25) is 23.2 Å². The van der Waals surface area contributed by atoms with E-state index in [-0.39, 0.29) is 18.2 Å². The van der Waals surface area contributed by atoms with Crippen molar-refractivity contribution in [1.29, 1.82) is 0 Å². The Labute approximate surface area is 208 Å². The van der Waals surface area contributed by atoms with Gasteiger partial charge in [-0.2, -0.15) is 4.98 Å². The van der Waals surface area contributed by atoms with Crippen molar-refractivity contribution in [2.24, 2.45) is 0 Å². The Morgan fingerprint density at radius 3 is 2.49 bits per heavy atom. The summed E-state index contributed by atoms with van der Waals surface area (Å²) in [7, 11) is 4.63. The number of carbonyl (C=O) groups excluding carboxylic acids is 1. The van der Waals surface area contributed by atoms with Gasteiger partial charge in [0.15, 0.2) is 5.69 Å². The summed E-state index contributed by atoms with van der Waals surface area (Å²) in [5, 5.41) is 9.11. The van der Waals surface area contributed by atoms with E-state index in [1.54, 1.807) is 37.1 Å². The Balaban J connectivity index is 2.00. The number of benzene rings is 2. The quantitative estimate of drug-likeness (QED) is 0.327. The average Bonchev–Trinajstić information content (AvgIpc) is 3.04. The maximum atomic E-state index is 13.4. The zero-order valence-corrected chi connectivity index (χ0v) is 20.8. The lowest BCUT2D eigenvalue weighted by molar-refractivity contribution is -0.120. The number of aromatic nitrogens is 3. The molecule has 35 heavy (non-hydrogen) atoms. The Morgan fingerprint density at radius 2 is 1.86 bits per heavy atom. The number of hydrogen-bond acceptors (Lipinski definition) is 9. The fourth-order valence-corrected chi connectivity index (χ4v) is 4.32. The van der Waals surface area contributed by atoms with Crippen LogP contribution in [-0.4, -0.2) is 48.2 Å². The van der Waals surface area contributed by atoms with Crippen LogP contribution in [0.5, 0.6) is 23.1 Å². The van der Waals surface area contributed by atoms with E-state index in [9.17, 15) is 4.79 Å². The zero-order valence-electron chi connectivity index (χ0n) is 20.0. The maximum absolute atomic E-state index is 13.4. The lowest BCUT2D eigenvalue weighted by atomic mass is 10.1. The SMILES string of the molecule is C=CCSc1nnc2c(n1)OC(c1c(OC)cc(OC)cc1OC)N(C(=O)CC)c1ccccc1-2. The van der Waals surface area contributed by atoms with Crippen LogP contribution in [-0.2, 0) is 4.79 Å². The minimum atomic E-state index is -0.963. The monoisotopic (exact) mass is 494 g/mol. The fourth-order valence-electron chi connectivity index (χ4n) is 3.81. The van der Waals surface area contributed by atoms with Crippen molar-refractivity contribution in [2.75, 3.05) is 32.0 Å². The molecule has 0 saturated heterocycles. The van der Waals surface area contributed by atoms with Crippen molar-refractivity contribution in [3.8, 4) is 34.4 Å². The molecule has 0 saturated carbocycles. The molecule has 0 aliphatic carbocycles. The summed E-state index contributed by atoms with van der Waals surface area (Å²) in [6.07, 6.45) is 1.03. The van der Waals surface area contributed by atoms with E-state index in [0.717, 1.165) is 0 Å². The van der Waals surface area contributed by atoms with Gasteiger partial charge in [0, 0.05) is 29.9 Å². The number of rotatable bonds is 8. The molecule has 1 unspecified atom stereocenters. The average molecular weight is 495 g/mol. The third kappa shape index (κ3) is 4.61. The van der Waals surface area contributed by atoms with Gasteiger partial charge in [0.05, 0.1) is 32.6 Å². The second-order valence-electron chi connectivity index (χ2n) is 7.40. The number of ether oxygens (including phenoxy) is 4. The van der Waals surface area contributed by atoms with Gasteiger partial charge in [0.1, 0.15) is 17.2 Å². The van der Waals surface area contributed by atoms with Crippen LogP contribution in [0.2, 0.25) is 0 Å². The van der Waals surface area contributed by atoms with E-state index in [1.807, 2.05) is 24.3 Å². The molecule has 2 heterocycles. The first kappa shape index (κ1) is 24.3. The first-order valence-electron chi connectivity index (χ1n) is 10.9. The minimum absolute atomic E-state index is 0.163. The summed E-state index contributed by atoms with van der Waals surface area (Å²) >= 11 is 1.38. The van der Waals surface area contributed by atoms with Crippen molar-refractivity contribution < 1.29 is 23.7 Å². The molecule has 0 fully saturated rings. The van der Waals surface area contributed by atoms with Gasteiger partial charge in [-0.3, -0.25) is 9.69 Å². The van der Waals surface area contributed by atoms with Crippen LogP contribution in [0, 0.1) is 0 Å². The molecule has 4 rings (SSSR count). The van der Waals surface area contributed by atoms with Gasteiger partial charge < -0.3 is 18.9 Å². The summed E-state index contributed by atoms with van der Waals surface area (Å²) in [6.45, 7) is 5.54. The van der Waals surface area contributed by atoms with Gasteiger partial charge in [-0.15, -0.1) is 16.8 Å². The molecule has 1 atom stereocenters. The Morgan fingerprint density at radius 1 is 1.14 bits per heavy atom. The van der Waals surface area contributed by atoms with Crippen LogP contribution in [0.15, 0.2) is 54.2 Å². The molecule has 0 spiro atoms. The molecule has 1 amide bonds. The normalized spacial score (nSPS) is 14.2. The molecule has 1 aliphatic rings. The van der Waals surface area contributed by atoms with Crippen molar-refractivity contribution >= 4 is 23.4 Å². The highest BCUT2D eigenvalue weighted by Gasteiger charge is 2.38. The van der Waals surface area contributed by atoms with E-state index in [0.29, 0.717) is 50.7 Å². The lowest BCUT2D eigenvalue weighted by Crippen LogP contribution is -2.37. The molecule has 182 valence electrons. The lowest BCUT2D eigenvalue weighted by Gasteiger charge is -2.32. The second kappa shape index (κ2) is 10.6. The third-order valence-electron chi connectivity index (χ3n) is 5.41. The van der Waals surface area contributed by atoms with Crippen LogP contribution in [0.4, 0.5) is 5.69 Å². The summed E-state index contributed by atoms with van der Waals surface area (Å²) in [5.41, 5.74) is 2.25. The first-order valence-corrected chi connectivity index (χ1v) is 11.9. The number of fused-ring (bicyclic) bond motifs is 3. The van der Waals surface area contributed by atoms with Gasteiger partial charge in [-0.25, -0.2) is 0 Å². The molecule has 0 radical (unpaired) electrons. The molecule has 9 nitrogen and oxygen atoms in total. The van der Waals surface area contributed by atoms with E-state index in [2.05, 4.69) is 21.8 Å². The molecule has 3 aromatic rings. The summed E-state index contributed by atoms with van der Waals surface area (Å²) in [6, 6.07) is 10.9. The van der Waals surface area contributed by atoms with Crippen LogP contribution in [0.25, 0.3) is 11.3 Å². The highest BCUT2D eigenvalue weighted by Crippen LogP contribution is 2.48. The van der Waals surface area contributed by atoms with Crippen LogP contribution >= 0.6 is 11.8 Å². The molecule has 10 heteroatoms. The standard InChI is InChI=1S/C25H26N4O5S/c1-6-12-35-25-26-23-22(27-28-25)16-10-8-9-11-17(16)29(20(30)7-2)24(34-23)21-18(32-4)13-15(31-3)14-19(21)33-5/h6,8-11,13-14,24H,1,7,12H2,2-5H3. The van der Waals surface area contributed by atoms with Gasteiger partial charge in [0.25, 0.3) is 0 Å². The molecular formula is C25H26N4O5S. The minimum Gasteiger partial charge on any atom is -0.496 e. The summed E-state index contributed by atoms with van der Waals surface area (Å²) in [4.78, 5) is 19.6. The van der Waals surface area contributed by atoms with Gasteiger partial charge >= 0.3 is 0 Å². The molecule has 1 aromatic heterocycles. The largest absolute Gasteiger partial charge is 0.496 e. The topological polar surface area (TPSA) is 95.9 Å². The van der Waals surface area contributed by atoms with Gasteiger partial charge in [-0.1, -0.05) is 43.0 Å². The number of carbonyl (C=O) groups is 1. The van der Waals surface area contributed by atoms with E-state index >= 15 is 0 Å². The predicted molar refractivity (Wildman–Crippen MR) is 133 cm³/mol. The molecule has 0 N–H and O–H groups in total. The van der Waals surface area contributed by atoms with E-state index in [1.165, 1.54) is 26.0 Å². The molecule has 1 aliphatic heterocycles. The van der Waals surface area contributed by atoms with Crippen LogP contribution < -0.4 is 23.8 Å². The first-order chi connectivity index (χ1) is 17.1. The smallest absolute Gasteiger partial charge is 0.247 e. The summed E-state index contributed by atoms with van der Waals surface area (Å²) < 4.78 is 23.3. The number of para-hydroxylation sites is 1. The Kier molecular flexibility index (Phi) is 7.40. The number of hydrogen-bond donors (Lipinski definition) is 0. The highest BCUT2D eigenvalue weighted by molar-refractivity contribution is 7.99. The fraction of sp³-hybridized carbons (Fsp3) is 0.280. The Bertz CT molecular complexity index is 1230. The molecule has 2 aromatic carbocycles. The number of anilines is 1. The maximum Gasteiger partial charge on any atom is 0.247 e. The number of methoxy groups -OCH3 is 3. The molecular weight excluding hydrogens is 468 g/mol. The summed E-state index contributed by atoms with van der Waals surface area (Å²) in [5.74, 6) is 2.10. The Hall–Kier alpha value is -3.79. The van der Waals surface area contributed by atoms with Crippen molar-refractivity contribution in [2.45, 2.75) is 24.7 Å². The highest BCUT2D eigenvalue weighted by atomic mass is 32.2. The van der Waals surface area contributed by atoms with E-state index in [4.69, 9.17) is 18.9 Å². The zero-order chi connectivity index (χ0) is 24.9. The van der Waals surface area contributed by atoms with Crippen LogP contribution in [0.3, 0.4) is 0 Å². The number of amides is 1.